The Morgan fingerprint density at radius 2 is 2.00 bits per heavy atom. The maximum absolute atomic E-state index is 12.4. The standard InChI is InChI=1S/C15H16O2S2/c1-3-18-10-14-13(8-9-19-14)15(16)11-4-6-12(17-2)7-5-11/h4-9H,3,10H2,1-2H3. The van der Waals surface area contributed by atoms with Crippen molar-refractivity contribution >= 4 is 28.9 Å². The number of rotatable bonds is 6. The van der Waals surface area contributed by atoms with Crippen LogP contribution < -0.4 is 4.74 Å². The Morgan fingerprint density at radius 1 is 1.26 bits per heavy atom. The highest BCUT2D eigenvalue weighted by Gasteiger charge is 2.14. The second-order valence-corrected chi connectivity index (χ2v) is 6.23. The molecule has 2 rings (SSSR count). The molecule has 1 heterocycles. The van der Waals surface area contributed by atoms with Gasteiger partial charge in [-0.25, -0.2) is 0 Å². The summed E-state index contributed by atoms with van der Waals surface area (Å²) < 4.78 is 5.10. The summed E-state index contributed by atoms with van der Waals surface area (Å²) in [5, 5.41) is 1.99. The van der Waals surface area contributed by atoms with E-state index in [0.29, 0.717) is 5.56 Å². The van der Waals surface area contributed by atoms with Crippen LogP contribution in [0.15, 0.2) is 35.7 Å². The lowest BCUT2D eigenvalue weighted by atomic mass is 10.0. The quantitative estimate of drug-likeness (QED) is 0.745. The van der Waals surface area contributed by atoms with Crippen LogP contribution in [0.4, 0.5) is 0 Å². The summed E-state index contributed by atoms with van der Waals surface area (Å²) in [6.07, 6.45) is 0. The molecular formula is C15H16O2S2. The molecule has 2 aromatic rings. The molecule has 0 spiro atoms. The van der Waals surface area contributed by atoms with Gasteiger partial charge >= 0.3 is 0 Å². The Morgan fingerprint density at radius 3 is 2.63 bits per heavy atom. The van der Waals surface area contributed by atoms with E-state index in [1.165, 1.54) is 0 Å². The topological polar surface area (TPSA) is 26.3 Å². The van der Waals surface area contributed by atoms with Crippen molar-refractivity contribution in [2.45, 2.75) is 12.7 Å². The third kappa shape index (κ3) is 3.39. The van der Waals surface area contributed by atoms with Crippen LogP contribution in [0.2, 0.25) is 0 Å². The summed E-state index contributed by atoms with van der Waals surface area (Å²) in [7, 11) is 1.62. The molecule has 0 fully saturated rings. The van der Waals surface area contributed by atoms with Gasteiger partial charge in [0.05, 0.1) is 7.11 Å². The zero-order valence-corrected chi connectivity index (χ0v) is 12.6. The molecule has 0 saturated heterocycles. The predicted octanol–water partition coefficient (Wildman–Crippen LogP) is 4.24. The number of thiophene rings is 1. The summed E-state index contributed by atoms with van der Waals surface area (Å²) in [4.78, 5) is 13.6. The van der Waals surface area contributed by atoms with Crippen molar-refractivity contribution in [1.29, 1.82) is 0 Å². The largest absolute Gasteiger partial charge is 0.497 e. The molecule has 0 radical (unpaired) electrons. The molecule has 1 aromatic heterocycles. The van der Waals surface area contributed by atoms with Gasteiger partial charge in [-0.05, 0) is 41.5 Å². The Hall–Kier alpha value is -1.26. The highest BCUT2D eigenvalue weighted by Crippen LogP contribution is 2.25. The fraction of sp³-hybridized carbons (Fsp3) is 0.267. The van der Waals surface area contributed by atoms with Crippen molar-refractivity contribution < 1.29 is 9.53 Å². The van der Waals surface area contributed by atoms with Gasteiger partial charge in [0.1, 0.15) is 5.75 Å². The summed E-state index contributed by atoms with van der Waals surface area (Å²) in [5.74, 6) is 2.83. The van der Waals surface area contributed by atoms with Gasteiger partial charge in [-0.2, -0.15) is 11.8 Å². The second kappa shape index (κ2) is 6.78. The average molecular weight is 292 g/mol. The maximum Gasteiger partial charge on any atom is 0.194 e. The van der Waals surface area contributed by atoms with Crippen LogP contribution in [0.25, 0.3) is 0 Å². The van der Waals surface area contributed by atoms with Crippen LogP contribution in [0, 0.1) is 0 Å². The molecule has 0 N–H and O–H groups in total. The Balaban J connectivity index is 2.20. The molecule has 19 heavy (non-hydrogen) atoms. The molecule has 0 aliphatic heterocycles. The van der Waals surface area contributed by atoms with Crippen molar-refractivity contribution in [2.75, 3.05) is 12.9 Å². The van der Waals surface area contributed by atoms with E-state index in [1.54, 1.807) is 18.4 Å². The minimum Gasteiger partial charge on any atom is -0.497 e. The number of methoxy groups -OCH3 is 1. The Kier molecular flexibility index (Phi) is 5.05. The van der Waals surface area contributed by atoms with Gasteiger partial charge in [-0.3, -0.25) is 4.79 Å². The van der Waals surface area contributed by atoms with Crippen molar-refractivity contribution in [1.82, 2.24) is 0 Å². The molecule has 0 aliphatic rings. The second-order valence-electron chi connectivity index (χ2n) is 3.95. The van der Waals surface area contributed by atoms with Crippen LogP contribution in [0.1, 0.15) is 27.7 Å². The number of ketones is 1. The van der Waals surface area contributed by atoms with Crippen LogP contribution in [-0.4, -0.2) is 18.6 Å². The molecule has 2 nitrogen and oxygen atoms in total. The molecule has 0 amide bonds. The number of hydrogen-bond donors (Lipinski definition) is 0. The highest BCUT2D eigenvalue weighted by molar-refractivity contribution is 7.98. The molecule has 0 unspecified atom stereocenters. The number of hydrogen-bond acceptors (Lipinski definition) is 4. The van der Waals surface area contributed by atoms with E-state index in [2.05, 4.69) is 6.92 Å². The van der Waals surface area contributed by atoms with Crippen LogP contribution in [0.5, 0.6) is 5.75 Å². The van der Waals surface area contributed by atoms with Crippen LogP contribution in [-0.2, 0) is 5.75 Å². The van der Waals surface area contributed by atoms with Crippen molar-refractivity contribution in [3.63, 3.8) is 0 Å². The van der Waals surface area contributed by atoms with E-state index in [4.69, 9.17) is 4.74 Å². The molecule has 0 aliphatic carbocycles. The molecular weight excluding hydrogens is 276 g/mol. The molecule has 100 valence electrons. The first kappa shape index (κ1) is 14.2. The number of ether oxygens (including phenoxy) is 1. The predicted molar refractivity (Wildman–Crippen MR) is 82.6 cm³/mol. The molecule has 1 aromatic carbocycles. The average Bonchev–Trinajstić information content (AvgIpc) is 2.92. The van der Waals surface area contributed by atoms with E-state index in [9.17, 15) is 4.79 Å². The number of thioether (sulfide) groups is 1. The fourth-order valence-electron chi connectivity index (χ4n) is 1.75. The lowest BCUT2D eigenvalue weighted by Crippen LogP contribution is -2.02. The highest BCUT2D eigenvalue weighted by atomic mass is 32.2. The van der Waals surface area contributed by atoms with Crippen LogP contribution >= 0.6 is 23.1 Å². The molecule has 0 atom stereocenters. The van der Waals surface area contributed by atoms with Gasteiger partial charge < -0.3 is 4.74 Å². The van der Waals surface area contributed by atoms with E-state index >= 15 is 0 Å². The number of benzene rings is 1. The summed E-state index contributed by atoms with van der Waals surface area (Å²) in [5.41, 5.74) is 1.54. The number of carbonyl (C=O) groups excluding carboxylic acids is 1. The third-order valence-electron chi connectivity index (χ3n) is 2.78. The first-order valence-corrected chi connectivity index (χ1v) is 8.12. The molecule has 0 bridgehead atoms. The number of carbonyl (C=O) groups is 1. The maximum atomic E-state index is 12.4. The lowest BCUT2D eigenvalue weighted by molar-refractivity contribution is 0.103. The van der Waals surface area contributed by atoms with Crippen molar-refractivity contribution in [3.8, 4) is 5.75 Å². The smallest absolute Gasteiger partial charge is 0.194 e. The minimum atomic E-state index is 0.0932. The van der Waals surface area contributed by atoms with Crippen LogP contribution in [0.3, 0.4) is 0 Å². The van der Waals surface area contributed by atoms with E-state index in [1.807, 2.05) is 47.5 Å². The molecule has 0 saturated carbocycles. The zero-order chi connectivity index (χ0) is 13.7. The SMILES string of the molecule is CCSCc1sccc1C(=O)c1ccc(OC)cc1. The monoisotopic (exact) mass is 292 g/mol. The summed E-state index contributed by atoms with van der Waals surface area (Å²) in [6.45, 7) is 2.13. The first-order chi connectivity index (χ1) is 9.26. The Labute approximate surface area is 121 Å². The summed E-state index contributed by atoms with van der Waals surface area (Å²) in [6, 6.07) is 9.19. The Bertz CT molecular complexity index is 544. The van der Waals surface area contributed by atoms with E-state index < -0.39 is 0 Å². The van der Waals surface area contributed by atoms with Crippen molar-refractivity contribution in [2.24, 2.45) is 0 Å². The van der Waals surface area contributed by atoms with Crippen molar-refractivity contribution in [3.05, 3.63) is 51.7 Å². The van der Waals surface area contributed by atoms with Gasteiger partial charge in [-0.15, -0.1) is 11.3 Å². The fourth-order valence-corrected chi connectivity index (χ4v) is 3.47. The van der Waals surface area contributed by atoms with Gasteiger partial charge in [0, 0.05) is 21.8 Å². The van der Waals surface area contributed by atoms with E-state index in [0.717, 1.165) is 27.7 Å². The van der Waals surface area contributed by atoms with Gasteiger partial charge in [0.25, 0.3) is 0 Å². The minimum absolute atomic E-state index is 0.0932. The van der Waals surface area contributed by atoms with Gasteiger partial charge in [0.2, 0.25) is 0 Å². The third-order valence-corrected chi connectivity index (χ3v) is 4.78. The lowest BCUT2D eigenvalue weighted by Gasteiger charge is -2.04. The van der Waals surface area contributed by atoms with Gasteiger partial charge in [0.15, 0.2) is 5.78 Å². The first-order valence-electron chi connectivity index (χ1n) is 6.09. The molecule has 4 heteroatoms. The zero-order valence-electron chi connectivity index (χ0n) is 11.0. The van der Waals surface area contributed by atoms with E-state index in [-0.39, 0.29) is 5.78 Å². The van der Waals surface area contributed by atoms with Gasteiger partial charge in [-0.1, -0.05) is 6.92 Å². The normalized spacial score (nSPS) is 10.4. The summed E-state index contributed by atoms with van der Waals surface area (Å²) >= 11 is 3.49.